The average Bonchev–Trinajstić information content (AvgIpc) is 2.80. The maximum absolute atomic E-state index is 11.5. The summed E-state index contributed by atoms with van der Waals surface area (Å²) in [6.45, 7) is 8.42. The Morgan fingerprint density at radius 1 is 1.47 bits per heavy atom. The molecule has 2 unspecified atom stereocenters. The highest BCUT2D eigenvalue weighted by molar-refractivity contribution is 5.17. The van der Waals surface area contributed by atoms with E-state index in [9.17, 15) is 4.79 Å². The molecular weight excluding hydrogens is 188 g/mol. The summed E-state index contributed by atoms with van der Waals surface area (Å²) in [5, 5.41) is 0. The highest BCUT2D eigenvalue weighted by Crippen LogP contribution is 2.45. The highest BCUT2D eigenvalue weighted by atomic mass is 16.1. The van der Waals surface area contributed by atoms with Gasteiger partial charge in [-0.2, -0.15) is 0 Å². The summed E-state index contributed by atoms with van der Waals surface area (Å²) < 4.78 is 0. The van der Waals surface area contributed by atoms with Crippen molar-refractivity contribution in [2.75, 3.05) is 0 Å². The second-order valence-corrected chi connectivity index (χ2v) is 5.59. The van der Waals surface area contributed by atoms with Crippen molar-refractivity contribution in [2.45, 2.75) is 45.4 Å². The van der Waals surface area contributed by atoms with Crippen LogP contribution in [0.1, 0.15) is 51.6 Å². The van der Waals surface area contributed by atoms with Crippen LogP contribution in [0.4, 0.5) is 0 Å². The van der Waals surface area contributed by atoms with Crippen LogP contribution in [0.15, 0.2) is 10.9 Å². The molecule has 0 saturated heterocycles. The summed E-state index contributed by atoms with van der Waals surface area (Å²) in [5.41, 5.74) is 0.811. The number of hydrogen-bond donors (Lipinski definition) is 1. The summed E-state index contributed by atoms with van der Waals surface area (Å²) >= 11 is 0. The zero-order chi connectivity index (χ0) is 11.2. The zero-order valence-corrected chi connectivity index (χ0v) is 9.79. The molecule has 0 bridgehead atoms. The number of aromatic amines is 1. The third-order valence-corrected chi connectivity index (χ3v) is 2.99. The van der Waals surface area contributed by atoms with E-state index < -0.39 is 0 Å². The molecule has 1 heterocycles. The van der Waals surface area contributed by atoms with Gasteiger partial charge in [0, 0.05) is 17.4 Å². The SMILES string of the molecule is CC1CC1c1nc(C(C)(C)C)cc(=O)[nH]1. The third kappa shape index (κ3) is 2.11. The number of rotatable bonds is 1. The molecule has 15 heavy (non-hydrogen) atoms. The molecule has 0 aliphatic heterocycles. The van der Waals surface area contributed by atoms with Crippen LogP contribution in [0.3, 0.4) is 0 Å². The van der Waals surface area contributed by atoms with Crippen LogP contribution in [-0.2, 0) is 5.41 Å². The zero-order valence-electron chi connectivity index (χ0n) is 9.79. The molecule has 3 heteroatoms. The van der Waals surface area contributed by atoms with Crippen LogP contribution in [0.2, 0.25) is 0 Å². The van der Waals surface area contributed by atoms with E-state index in [0.717, 1.165) is 17.9 Å². The highest BCUT2D eigenvalue weighted by Gasteiger charge is 2.36. The molecule has 1 N–H and O–H groups in total. The molecule has 3 nitrogen and oxygen atoms in total. The molecule has 1 aromatic rings. The van der Waals surface area contributed by atoms with E-state index in [1.54, 1.807) is 6.07 Å². The van der Waals surface area contributed by atoms with Gasteiger partial charge in [0.2, 0.25) is 0 Å². The summed E-state index contributed by atoms with van der Waals surface area (Å²) in [4.78, 5) is 18.9. The Labute approximate surface area is 89.9 Å². The standard InChI is InChI=1S/C12H18N2O/c1-7-5-8(7)11-13-9(12(2,3)4)6-10(15)14-11/h6-8H,5H2,1-4H3,(H,13,14,15). The summed E-state index contributed by atoms with van der Waals surface area (Å²) in [5.74, 6) is 2.02. The van der Waals surface area contributed by atoms with Gasteiger partial charge < -0.3 is 4.98 Å². The van der Waals surface area contributed by atoms with Crippen molar-refractivity contribution < 1.29 is 0 Å². The number of hydrogen-bond acceptors (Lipinski definition) is 2. The average molecular weight is 206 g/mol. The van der Waals surface area contributed by atoms with Gasteiger partial charge in [-0.3, -0.25) is 4.79 Å². The molecule has 0 spiro atoms. The third-order valence-electron chi connectivity index (χ3n) is 2.99. The van der Waals surface area contributed by atoms with E-state index in [1.807, 2.05) is 0 Å². The van der Waals surface area contributed by atoms with Gasteiger partial charge in [0.1, 0.15) is 5.82 Å². The minimum atomic E-state index is -0.0544. The van der Waals surface area contributed by atoms with Crippen LogP contribution in [0, 0.1) is 5.92 Å². The molecule has 1 saturated carbocycles. The van der Waals surface area contributed by atoms with Crippen molar-refractivity contribution in [2.24, 2.45) is 5.92 Å². The van der Waals surface area contributed by atoms with Gasteiger partial charge in [-0.1, -0.05) is 27.7 Å². The van der Waals surface area contributed by atoms with E-state index >= 15 is 0 Å². The molecule has 82 valence electrons. The molecule has 0 amide bonds. The number of aromatic nitrogens is 2. The molecule has 0 radical (unpaired) electrons. The first-order valence-electron chi connectivity index (χ1n) is 5.49. The minimum Gasteiger partial charge on any atom is -0.310 e. The van der Waals surface area contributed by atoms with Crippen molar-refractivity contribution in [3.8, 4) is 0 Å². The Morgan fingerprint density at radius 3 is 2.53 bits per heavy atom. The maximum atomic E-state index is 11.5. The van der Waals surface area contributed by atoms with Crippen molar-refractivity contribution in [1.82, 2.24) is 9.97 Å². The fourth-order valence-corrected chi connectivity index (χ4v) is 1.74. The van der Waals surface area contributed by atoms with E-state index in [-0.39, 0.29) is 11.0 Å². The molecule has 2 rings (SSSR count). The van der Waals surface area contributed by atoms with Crippen LogP contribution >= 0.6 is 0 Å². The van der Waals surface area contributed by atoms with E-state index in [0.29, 0.717) is 11.8 Å². The van der Waals surface area contributed by atoms with Gasteiger partial charge in [0.05, 0.1) is 5.69 Å². The number of nitrogens with one attached hydrogen (secondary N) is 1. The molecule has 0 aromatic carbocycles. The molecule has 1 aromatic heterocycles. The van der Waals surface area contributed by atoms with Crippen molar-refractivity contribution in [3.05, 3.63) is 27.9 Å². The first-order valence-corrected chi connectivity index (χ1v) is 5.49. The lowest BCUT2D eigenvalue weighted by Gasteiger charge is -2.17. The second-order valence-electron chi connectivity index (χ2n) is 5.59. The first kappa shape index (κ1) is 10.4. The fourth-order valence-electron chi connectivity index (χ4n) is 1.74. The molecule has 1 aliphatic carbocycles. The summed E-state index contributed by atoms with van der Waals surface area (Å²) in [6.07, 6.45) is 1.15. The van der Waals surface area contributed by atoms with Gasteiger partial charge in [-0.15, -0.1) is 0 Å². The Balaban J connectivity index is 2.42. The predicted molar refractivity (Wildman–Crippen MR) is 60.1 cm³/mol. The summed E-state index contributed by atoms with van der Waals surface area (Å²) in [7, 11) is 0. The van der Waals surface area contributed by atoms with Gasteiger partial charge in [0.15, 0.2) is 0 Å². The maximum Gasteiger partial charge on any atom is 0.251 e. The summed E-state index contributed by atoms with van der Waals surface area (Å²) in [6, 6.07) is 1.61. The first-order chi connectivity index (χ1) is 6.88. The smallest absolute Gasteiger partial charge is 0.251 e. The Kier molecular flexibility index (Phi) is 2.21. The monoisotopic (exact) mass is 206 g/mol. The lowest BCUT2D eigenvalue weighted by atomic mass is 9.92. The lowest BCUT2D eigenvalue weighted by molar-refractivity contribution is 0.559. The van der Waals surface area contributed by atoms with Crippen molar-refractivity contribution in [1.29, 1.82) is 0 Å². The Bertz CT molecular complexity index is 428. The van der Waals surface area contributed by atoms with E-state index in [2.05, 4.69) is 37.7 Å². The van der Waals surface area contributed by atoms with Crippen LogP contribution in [-0.4, -0.2) is 9.97 Å². The number of nitrogens with zero attached hydrogens (tertiary/aromatic N) is 1. The van der Waals surface area contributed by atoms with E-state index in [1.165, 1.54) is 0 Å². The Morgan fingerprint density at radius 2 is 2.07 bits per heavy atom. The van der Waals surface area contributed by atoms with Gasteiger partial charge in [0.25, 0.3) is 5.56 Å². The molecule has 2 atom stereocenters. The normalized spacial score (nSPS) is 25.3. The van der Waals surface area contributed by atoms with Crippen molar-refractivity contribution >= 4 is 0 Å². The van der Waals surface area contributed by atoms with Crippen LogP contribution < -0.4 is 5.56 Å². The number of H-pyrrole nitrogens is 1. The molecular formula is C12H18N2O. The largest absolute Gasteiger partial charge is 0.310 e. The topological polar surface area (TPSA) is 45.8 Å². The molecule has 1 fully saturated rings. The van der Waals surface area contributed by atoms with Gasteiger partial charge in [-0.05, 0) is 12.3 Å². The predicted octanol–water partition coefficient (Wildman–Crippen LogP) is 2.19. The lowest BCUT2D eigenvalue weighted by Crippen LogP contribution is -2.21. The van der Waals surface area contributed by atoms with Crippen LogP contribution in [0.5, 0.6) is 0 Å². The van der Waals surface area contributed by atoms with Gasteiger partial charge >= 0.3 is 0 Å². The van der Waals surface area contributed by atoms with Crippen LogP contribution in [0.25, 0.3) is 0 Å². The minimum absolute atomic E-state index is 0.0241. The van der Waals surface area contributed by atoms with Gasteiger partial charge in [-0.25, -0.2) is 4.98 Å². The Hall–Kier alpha value is -1.12. The fraction of sp³-hybridized carbons (Fsp3) is 0.667. The molecule has 1 aliphatic rings. The quantitative estimate of drug-likeness (QED) is 0.765. The second kappa shape index (κ2) is 3.19. The van der Waals surface area contributed by atoms with E-state index in [4.69, 9.17) is 0 Å². The van der Waals surface area contributed by atoms with Crippen molar-refractivity contribution in [3.63, 3.8) is 0 Å².